The maximum Gasteiger partial charge on any atom is 0.230 e. The van der Waals surface area contributed by atoms with Crippen molar-refractivity contribution in [3.8, 4) is 0 Å². The molecule has 2 heterocycles. The summed E-state index contributed by atoms with van der Waals surface area (Å²) in [6.45, 7) is 5.73. The van der Waals surface area contributed by atoms with Crippen LogP contribution in [-0.2, 0) is 11.3 Å². The van der Waals surface area contributed by atoms with Gasteiger partial charge in [0.15, 0.2) is 5.82 Å². The Morgan fingerprint density at radius 3 is 2.34 bits per heavy atom. The summed E-state index contributed by atoms with van der Waals surface area (Å²) in [6.07, 6.45) is 3.34. The normalized spacial score (nSPS) is 13.8. The molecule has 1 amide bonds. The zero-order chi connectivity index (χ0) is 22.3. The Balaban J connectivity index is 1.30. The number of rotatable bonds is 7. The number of thioether (sulfide) groups is 1. The average Bonchev–Trinajstić information content (AvgIpc) is 2.83. The number of piperazine rings is 1. The van der Waals surface area contributed by atoms with Gasteiger partial charge in [0.2, 0.25) is 5.91 Å². The minimum atomic E-state index is -0.225. The molecule has 0 spiro atoms. The van der Waals surface area contributed by atoms with Crippen LogP contribution in [0.15, 0.2) is 66.0 Å². The third kappa shape index (κ3) is 5.76. The minimum absolute atomic E-state index is 0.0340. The van der Waals surface area contributed by atoms with E-state index in [0.29, 0.717) is 6.54 Å². The van der Waals surface area contributed by atoms with E-state index in [2.05, 4.69) is 25.1 Å². The summed E-state index contributed by atoms with van der Waals surface area (Å²) in [5.74, 6) is 0.833. The zero-order valence-corrected chi connectivity index (χ0v) is 18.8. The zero-order valence-electron chi connectivity index (χ0n) is 18.0. The third-order valence-corrected chi connectivity index (χ3v) is 6.34. The van der Waals surface area contributed by atoms with Crippen molar-refractivity contribution in [1.82, 2.24) is 15.3 Å². The molecular weight excluding hydrogens is 425 g/mol. The molecule has 2 aromatic carbocycles. The number of anilines is 2. The Bertz CT molecular complexity index is 1040. The lowest BCUT2D eigenvalue weighted by atomic mass is 10.1. The van der Waals surface area contributed by atoms with Crippen LogP contribution in [0.4, 0.5) is 15.9 Å². The largest absolute Gasteiger partial charge is 0.368 e. The molecule has 1 fully saturated rings. The van der Waals surface area contributed by atoms with Crippen molar-refractivity contribution in [3.05, 3.63) is 77.9 Å². The highest BCUT2D eigenvalue weighted by Gasteiger charge is 2.21. The molecule has 0 aliphatic carbocycles. The lowest BCUT2D eigenvalue weighted by molar-refractivity contribution is -0.118. The van der Waals surface area contributed by atoms with Crippen molar-refractivity contribution in [1.29, 1.82) is 0 Å². The van der Waals surface area contributed by atoms with Crippen LogP contribution in [0.3, 0.4) is 0 Å². The highest BCUT2D eigenvalue weighted by atomic mass is 32.2. The molecule has 4 rings (SSSR count). The van der Waals surface area contributed by atoms with Crippen LogP contribution in [0.2, 0.25) is 0 Å². The van der Waals surface area contributed by atoms with Crippen molar-refractivity contribution in [2.75, 3.05) is 41.7 Å². The summed E-state index contributed by atoms with van der Waals surface area (Å²) in [7, 11) is 0. The summed E-state index contributed by atoms with van der Waals surface area (Å²) >= 11 is 1.40. The molecule has 0 unspecified atom stereocenters. The lowest BCUT2D eigenvalue weighted by Gasteiger charge is -2.37. The Morgan fingerprint density at radius 2 is 1.62 bits per heavy atom. The monoisotopic (exact) mass is 451 g/mol. The van der Waals surface area contributed by atoms with E-state index in [-0.39, 0.29) is 17.5 Å². The van der Waals surface area contributed by atoms with E-state index in [1.807, 2.05) is 43.3 Å². The van der Waals surface area contributed by atoms with Crippen LogP contribution in [0.25, 0.3) is 0 Å². The highest BCUT2D eigenvalue weighted by molar-refractivity contribution is 8.00. The van der Waals surface area contributed by atoms with Crippen molar-refractivity contribution in [2.24, 2.45) is 0 Å². The van der Waals surface area contributed by atoms with E-state index in [1.165, 1.54) is 29.5 Å². The predicted molar refractivity (Wildman–Crippen MR) is 127 cm³/mol. The number of amides is 1. The second-order valence-electron chi connectivity index (χ2n) is 7.69. The number of hydrogen-bond donors (Lipinski definition) is 1. The minimum Gasteiger partial charge on any atom is -0.368 e. The van der Waals surface area contributed by atoms with Gasteiger partial charge in [-0.05, 0) is 36.8 Å². The van der Waals surface area contributed by atoms with Gasteiger partial charge in [0.1, 0.15) is 10.8 Å². The maximum absolute atomic E-state index is 13.2. The molecule has 0 radical (unpaired) electrons. The summed E-state index contributed by atoms with van der Waals surface area (Å²) in [6, 6.07) is 14.7. The molecule has 0 bridgehead atoms. The van der Waals surface area contributed by atoms with Crippen LogP contribution in [0, 0.1) is 12.7 Å². The predicted octanol–water partition coefficient (Wildman–Crippen LogP) is 3.66. The number of nitrogens with one attached hydrogen (secondary N) is 1. The number of carbonyl (C=O) groups is 1. The first-order valence-electron chi connectivity index (χ1n) is 10.6. The molecule has 166 valence electrons. The Morgan fingerprint density at radius 1 is 0.969 bits per heavy atom. The Kier molecular flexibility index (Phi) is 7.21. The van der Waals surface area contributed by atoms with Crippen LogP contribution in [0.1, 0.15) is 11.1 Å². The van der Waals surface area contributed by atoms with Gasteiger partial charge in [0.05, 0.1) is 5.75 Å². The number of carbonyl (C=O) groups excluding carboxylic acids is 1. The number of aromatic nitrogens is 2. The fourth-order valence-corrected chi connectivity index (χ4v) is 4.37. The van der Waals surface area contributed by atoms with Gasteiger partial charge < -0.3 is 15.1 Å². The van der Waals surface area contributed by atoms with Gasteiger partial charge in [0.25, 0.3) is 0 Å². The molecule has 32 heavy (non-hydrogen) atoms. The first-order valence-corrected chi connectivity index (χ1v) is 11.6. The maximum atomic E-state index is 13.2. The fourth-order valence-electron chi connectivity index (χ4n) is 3.56. The second kappa shape index (κ2) is 10.5. The van der Waals surface area contributed by atoms with Gasteiger partial charge in [-0.15, -0.1) is 0 Å². The number of nitrogens with zero attached hydrogens (tertiary/aromatic N) is 4. The lowest BCUT2D eigenvalue weighted by Crippen LogP contribution is -2.47. The summed E-state index contributed by atoms with van der Waals surface area (Å²) < 4.78 is 13.2. The summed E-state index contributed by atoms with van der Waals surface area (Å²) in [5.41, 5.74) is 3.29. The molecular formula is C24H26FN5OS. The summed E-state index contributed by atoms with van der Waals surface area (Å²) in [5, 5.41) is 3.72. The average molecular weight is 452 g/mol. The number of hydrogen-bond acceptors (Lipinski definition) is 6. The molecule has 3 aromatic rings. The van der Waals surface area contributed by atoms with E-state index in [0.717, 1.165) is 48.3 Å². The molecule has 0 saturated carbocycles. The van der Waals surface area contributed by atoms with Gasteiger partial charge in [-0.1, -0.05) is 41.6 Å². The van der Waals surface area contributed by atoms with Crippen molar-refractivity contribution >= 4 is 29.2 Å². The van der Waals surface area contributed by atoms with E-state index in [1.54, 1.807) is 12.4 Å². The molecule has 1 N–H and O–H groups in total. The standard InChI is InChI=1S/C24H26FN5OS/c1-18-2-4-19(5-3-18)16-28-22(31)17-32-24-23(26-10-11-27-24)30-14-12-29(13-15-30)21-8-6-20(25)7-9-21/h2-11H,12-17H2,1H3,(H,28,31). The molecule has 0 atom stereocenters. The van der Waals surface area contributed by atoms with E-state index in [4.69, 9.17) is 0 Å². The molecule has 1 aromatic heterocycles. The van der Waals surface area contributed by atoms with Gasteiger partial charge in [-0.25, -0.2) is 14.4 Å². The number of benzene rings is 2. The molecule has 1 aliphatic rings. The topological polar surface area (TPSA) is 61.4 Å². The first-order chi connectivity index (χ1) is 15.6. The van der Waals surface area contributed by atoms with Crippen LogP contribution < -0.4 is 15.1 Å². The van der Waals surface area contributed by atoms with Crippen molar-refractivity contribution in [2.45, 2.75) is 18.5 Å². The van der Waals surface area contributed by atoms with E-state index >= 15 is 0 Å². The Labute approximate surface area is 191 Å². The first kappa shape index (κ1) is 22.1. The van der Waals surface area contributed by atoms with Gasteiger partial charge >= 0.3 is 0 Å². The highest BCUT2D eigenvalue weighted by Crippen LogP contribution is 2.27. The fraction of sp³-hybridized carbons (Fsp3) is 0.292. The number of aryl methyl sites for hydroxylation is 1. The van der Waals surface area contributed by atoms with Gasteiger partial charge in [0, 0.05) is 50.8 Å². The SMILES string of the molecule is Cc1ccc(CNC(=O)CSc2nccnc2N2CCN(c3ccc(F)cc3)CC2)cc1. The molecule has 8 heteroatoms. The van der Waals surface area contributed by atoms with Crippen molar-refractivity contribution < 1.29 is 9.18 Å². The molecule has 1 aliphatic heterocycles. The van der Waals surface area contributed by atoms with E-state index in [9.17, 15) is 9.18 Å². The molecule has 6 nitrogen and oxygen atoms in total. The second-order valence-corrected chi connectivity index (χ2v) is 8.65. The molecule has 1 saturated heterocycles. The Hall–Kier alpha value is -3.13. The smallest absolute Gasteiger partial charge is 0.230 e. The van der Waals surface area contributed by atoms with Crippen LogP contribution in [0.5, 0.6) is 0 Å². The number of halogens is 1. The van der Waals surface area contributed by atoms with Crippen LogP contribution >= 0.6 is 11.8 Å². The quantitative estimate of drug-likeness (QED) is 0.554. The van der Waals surface area contributed by atoms with E-state index < -0.39 is 0 Å². The van der Waals surface area contributed by atoms with Gasteiger partial charge in [-0.2, -0.15) is 0 Å². The third-order valence-electron chi connectivity index (χ3n) is 5.37. The van der Waals surface area contributed by atoms with Crippen LogP contribution in [-0.4, -0.2) is 47.8 Å². The van der Waals surface area contributed by atoms with Crippen molar-refractivity contribution in [3.63, 3.8) is 0 Å². The summed E-state index contributed by atoms with van der Waals surface area (Å²) in [4.78, 5) is 25.8. The van der Waals surface area contributed by atoms with Gasteiger partial charge in [-0.3, -0.25) is 4.79 Å².